The van der Waals surface area contributed by atoms with Crippen molar-refractivity contribution in [1.29, 1.82) is 0 Å². The molecule has 7 nitrogen and oxygen atoms in total. The Labute approximate surface area is 200 Å². The van der Waals surface area contributed by atoms with Crippen LogP contribution in [0.15, 0.2) is 36.4 Å². The van der Waals surface area contributed by atoms with Gasteiger partial charge in [-0.2, -0.15) is 0 Å². The molecule has 1 fully saturated rings. The van der Waals surface area contributed by atoms with Gasteiger partial charge in [0, 0.05) is 19.2 Å². The van der Waals surface area contributed by atoms with Gasteiger partial charge >= 0.3 is 6.03 Å². The van der Waals surface area contributed by atoms with Gasteiger partial charge < -0.3 is 25.0 Å². The molecule has 1 aliphatic heterocycles. The molecule has 34 heavy (non-hydrogen) atoms. The van der Waals surface area contributed by atoms with Crippen molar-refractivity contribution in [2.45, 2.75) is 45.6 Å². The summed E-state index contributed by atoms with van der Waals surface area (Å²) in [4.78, 5) is 27.9. The minimum atomic E-state index is -0.387. The van der Waals surface area contributed by atoms with Gasteiger partial charge in [0.1, 0.15) is 17.3 Å². The lowest BCUT2D eigenvalue weighted by molar-refractivity contribution is -0.121. The van der Waals surface area contributed by atoms with E-state index in [-0.39, 0.29) is 36.3 Å². The van der Waals surface area contributed by atoms with Gasteiger partial charge in [0.2, 0.25) is 5.91 Å². The predicted molar refractivity (Wildman–Crippen MR) is 130 cm³/mol. The molecule has 3 rings (SSSR count). The van der Waals surface area contributed by atoms with E-state index in [1.54, 1.807) is 49.3 Å². The molecule has 0 radical (unpaired) electrons. The van der Waals surface area contributed by atoms with Gasteiger partial charge in [0.25, 0.3) is 0 Å². The molecule has 3 amide bonds. The minimum absolute atomic E-state index is 0.177. The SMILES string of the molecule is CCCCNC(=O)N1C[C@@H](C(=O)Nc2ccc(OC)cc2OC)CC[C@H]1c1ccc(F)c(C)c1. The Kier molecular flexibility index (Phi) is 8.73. The minimum Gasteiger partial charge on any atom is -0.497 e. The number of piperidine rings is 1. The van der Waals surface area contributed by atoms with Crippen LogP contribution in [0.1, 0.15) is 49.8 Å². The molecule has 2 aromatic rings. The number of nitrogens with one attached hydrogen (secondary N) is 2. The molecule has 0 aromatic heterocycles. The maximum atomic E-state index is 13.8. The normalized spacial score (nSPS) is 17.7. The Morgan fingerprint density at radius 2 is 1.91 bits per heavy atom. The molecule has 1 heterocycles. The zero-order valence-corrected chi connectivity index (χ0v) is 20.3. The number of benzene rings is 2. The van der Waals surface area contributed by atoms with Crippen molar-refractivity contribution in [1.82, 2.24) is 10.2 Å². The third kappa shape index (κ3) is 5.98. The average Bonchev–Trinajstić information content (AvgIpc) is 2.85. The number of anilines is 1. The number of unbranched alkanes of at least 4 members (excludes halogenated alkanes) is 1. The van der Waals surface area contributed by atoms with Crippen LogP contribution in [0.25, 0.3) is 0 Å². The Hall–Kier alpha value is -3.29. The Morgan fingerprint density at radius 1 is 1.12 bits per heavy atom. The molecule has 0 bridgehead atoms. The van der Waals surface area contributed by atoms with E-state index in [0.29, 0.717) is 42.1 Å². The van der Waals surface area contributed by atoms with E-state index in [4.69, 9.17) is 9.47 Å². The first-order chi connectivity index (χ1) is 16.4. The molecule has 2 N–H and O–H groups in total. The number of carbonyl (C=O) groups excluding carboxylic acids is 2. The van der Waals surface area contributed by atoms with Crippen molar-refractivity contribution in [3.8, 4) is 11.5 Å². The first kappa shape index (κ1) is 25.3. The fourth-order valence-electron chi connectivity index (χ4n) is 4.24. The van der Waals surface area contributed by atoms with Crippen LogP contribution in [0.5, 0.6) is 11.5 Å². The third-order valence-electron chi connectivity index (χ3n) is 6.25. The summed E-state index contributed by atoms with van der Waals surface area (Å²) in [6.45, 7) is 4.61. The standard InChI is InChI=1S/C26H34FN3O4/c1-5-6-13-28-26(32)30-16-19(8-12-23(30)18-7-10-21(27)17(2)14-18)25(31)29-22-11-9-20(33-3)15-24(22)34-4/h7,9-11,14-15,19,23H,5-6,8,12-13,16H2,1-4H3,(H,28,32)(H,29,31)/t19-,23-/m0/s1. The molecular weight excluding hydrogens is 437 g/mol. The second-order valence-electron chi connectivity index (χ2n) is 8.59. The van der Waals surface area contributed by atoms with Crippen LogP contribution in [0.3, 0.4) is 0 Å². The summed E-state index contributed by atoms with van der Waals surface area (Å²) >= 11 is 0. The smallest absolute Gasteiger partial charge is 0.317 e. The Bertz CT molecular complexity index is 1010. The molecule has 1 saturated heterocycles. The molecule has 0 saturated carbocycles. The number of hydrogen-bond acceptors (Lipinski definition) is 4. The number of ether oxygens (including phenoxy) is 2. The van der Waals surface area contributed by atoms with Crippen molar-refractivity contribution in [3.05, 3.63) is 53.3 Å². The predicted octanol–water partition coefficient (Wildman–Crippen LogP) is 5.05. The average molecular weight is 472 g/mol. The molecule has 0 aliphatic carbocycles. The number of likely N-dealkylation sites (tertiary alicyclic amines) is 1. The van der Waals surface area contributed by atoms with Gasteiger partial charge in [0.15, 0.2) is 0 Å². The summed E-state index contributed by atoms with van der Waals surface area (Å²) in [6.07, 6.45) is 3.05. The van der Waals surface area contributed by atoms with E-state index < -0.39 is 0 Å². The summed E-state index contributed by atoms with van der Waals surface area (Å²) in [5.41, 5.74) is 1.96. The van der Waals surface area contributed by atoms with Crippen LogP contribution in [-0.2, 0) is 4.79 Å². The third-order valence-corrected chi connectivity index (χ3v) is 6.25. The van der Waals surface area contributed by atoms with E-state index in [0.717, 1.165) is 18.4 Å². The van der Waals surface area contributed by atoms with E-state index in [2.05, 4.69) is 17.6 Å². The van der Waals surface area contributed by atoms with Crippen LogP contribution in [0, 0.1) is 18.7 Å². The molecule has 2 atom stereocenters. The first-order valence-corrected chi connectivity index (χ1v) is 11.7. The molecule has 2 aromatic carbocycles. The van der Waals surface area contributed by atoms with Crippen molar-refractivity contribution < 1.29 is 23.5 Å². The number of nitrogens with zero attached hydrogens (tertiary/aromatic N) is 1. The van der Waals surface area contributed by atoms with E-state index >= 15 is 0 Å². The van der Waals surface area contributed by atoms with E-state index in [1.807, 2.05) is 0 Å². The van der Waals surface area contributed by atoms with E-state index in [1.165, 1.54) is 13.2 Å². The Morgan fingerprint density at radius 3 is 2.59 bits per heavy atom. The van der Waals surface area contributed by atoms with Gasteiger partial charge in [-0.05, 0) is 55.5 Å². The highest BCUT2D eigenvalue weighted by Gasteiger charge is 2.36. The number of urea groups is 1. The number of carbonyl (C=O) groups is 2. The molecule has 8 heteroatoms. The first-order valence-electron chi connectivity index (χ1n) is 11.7. The van der Waals surface area contributed by atoms with Crippen molar-refractivity contribution >= 4 is 17.6 Å². The largest absolute Gasteiger partial charge is 0.497 e. The zero-order valence-electron chi connectivity index (χ0n) is 20.3. The lowest BCUT2D eigenvalue weighted by atomic mass is 9.88. The summed E-state index contributed by atoms with van der Waals surface area (Å²) in [5.74, 6) is 0.284. The van der Waals surface area contributed by atoms with Crippen LogP contribution in [0.2, 0.25) is 0 Å². The summed E-state index contributed by atoms with van der Waals surface area (Å²) in [6, 6.07) is 9.71. The number of halogens is 1. The maximum Gasteiger partial charge on any atom is 0.317 e. The summed E-state index contributed by atoms with van der Waals surface area (Å²) in [7, 11) is 3.09. The molecule has 184 valence electrons. The monoisotopic (exact) mass is 471 g/mol. The highest BCUT2D eigenvalue weighted by atomic mass is 19.1. The molecule has 1 aliphatic rings. The fourth-order valence-corrected chi connectivity index (χ4v) is 4.24. The summed E-state index contributed by atoms with van der Waals surface area (Å²) in [5, 5.41) is 5.90. The molecular formula is C26H34FN3O4. The second kappa shape index (κ2) is 11.7. The van der Waals surface area contributed by atoms with Gasteiger partial charge in [-0.3, -0.25) is 4.79 Å². The summed E-state index contributed by atoms with van der Waals surface area (Å²) < 4.78 is 24.4. The second-order valence-corrected chi connectivity index (χ2v) is 8.59. The number of aryl methyl sites for hydroxylation is 1. The van der Waals surface area contributed by atoms with Crippen molar-refractivity contribution in [3.63, 3.8) is 0 Å². The van der Waals surface area contributed by atoms with Crippen molar-refractivity contribution in [2.24, 2.45) is 5.92 Å². The quantitative estimate of drug-likeness (QED) is 0.528. The number of rotatable bonds is 8. The zero-order chi connectivity index (χ0) is 24.7. The number of amides is 3. The van der Waals surface area contributed by atoms with Gasteiger partial charge in [0.05, 0.1) is 31.9 Å². The highest BCUT2D eigenvalue weighted by molar-refractivity contribution is 5.94. The molecule has 0 unspecified atom stereocenters. The van der Waals surface area contributed by atoms with Crippen LogP contribution in [0.4, 0.5) is 14.9 Å². The van der Waals surface area contributed by atoms with Gasteiger partial charge in [-0.1, -0.05) is 25.5 Å². The van der Waals surface area contributed by atoms with Crippen LogP contribution < -0.4 is 20.1 Å². The van der Waals surface area contributed by atoms with Gasteiger partial charge in [-0.25, -0.2) is 9.18 Å². The van der Waals surface area contributed by atoms with Crippen molar-refractivity contribution in [2.75, 3.05) is 32.6 Å². The lowest BCUT2D eigenvalue weighted by Gasteiger charge is -2.39. The molecule has 0 spiro atoms. The number of methoxy groups -OCH3 is 2. The van der Waals surface area contributed by atoms with Crippen LogP contribution >= 0.6 is 0 Å². The van der Waals surface area contributed by atoms with Gasteiger partial charge in [-0.15, -0.1) is 0 Å². The van der Waals surface area contributed by atoms with Crippen LogP contribution in [-0.4, -0.2) is 44.1 Å². The fraction of sp³-hybridized carbons (Fsp3) is 0.462. The Balaban J connectivity index is 1.78. The maximum absolute atomic E-state index is 13.8. The lowest BCUT2D eigenvalue weighted by Crippen LogP contribution is -2.49. The highest BCUT2D eigenvalue weighted by Crippen LogP contribution is 2.36. The topological polar surface area (TPSA) is 79.9 Å². The van der Waals surface area contributed by atoms with E-state index in [9.17, 15) is 14.0 Å². The number of hydrogen-bond donors (Lipinski definition) is 2.